The van der Waals surface area contributed by atoms with E-state index in [4.69, 9.17) is 14.2 Å². The maximum Gasteiger partial charge on any atom is 0.255 e. The van der Waals surface area contributed by atoms with Gasteiger partial charge < -0.3 is 19.5 Å². The Morgan fingerprint density at radius 2 is 1.75 bits per heavy atom. The number of hydrogen-bond acceptors (Lipinski definition) is 4. The molecule has 0 saturated carbocycles. The minimum atomic E-state index is -0.200. The average Bonchev–Trinajstić information content (AvgIpc) is 2.57. The average molecular weight is 329 g/mol. The van der Waals surface area contributed by atoms with Gasteiger partial charge in [0.2, 0.25) is 0 Å². The highest BCUT2D eigenvalue weighted by Crippen LogP contribution is 2.29. The highest BCUT2D eigenvalue weighted by atomic mass is 16.5. The highest BCUT2D eigenvalue weighted by molar-refractivity contribution is 6.04. The lowest BCUT2D eigenvalue weighted by Crippen LogP contribution is -2.12. The molecular weight excluding hydrogens is 306 g/mol. The van der Waals surface area contributed by atoms with Crippen LogP contribution in [0.15, 0.2) is 42.5 Å². The zero-order valence-electron chi connectivity index (χ0n) is 14.3. The third kappa shape index (κ3) is 4.73. The fourth-order valence-corrected chi connectivity index (χ4v) is 2.30. The van der Waals surface area contributed by atoms with Crippen molar-refractivity contribution in [1.29, 1.82) is 0 Å². The van der Waals surface area contributed by atoms with E-state index in [0.29, 0.717) is 36.9 Å². The van der Waals surface area contributed by atoms with Crippen molar-refractivity contribution in [3.8, 4) is 11.5 Å². The first-order valence-corrected chi connectivity index (χ1v) is 7.96. The number of hydrogen-bond donors (Lipinski definition) is 1. The molecule has 5 heteroatoms. The monoisotopic (exact) mass is 329 g/mol. The summed E-state index contributed by atoms with van der Waals surface area (Å²) in [5.74, 6) is 1.01. The Labute approximate surface area is 142 Å². The van der Waals surface area contributed by atoms with Crippen LogP contribution in [0.5, 0.6) is 11.5 Å². The lowest BCUT2D eigenvalue weighted by molar-refractivity contribution is 0.102. The molecule has 5 nitrogen and oxygen atoms in total. The number of carbonyl (C=O) groups excluding carboxylic acids is 1. The van der Waals surface area contributed by atoms with Crippen molar-refractivity contribution >= 4 is 11.6 Å². The van der Waals surface area contributed by atoms with E-state index in [1.54, 1.807) is 25.3 Å². The van der Waals surface area contributed by atoms with Crippen LogP contribution in [0, 0.1) is 0 Å². The number of nitrogens with one attached hydrogen (secondary N) is 1. The van der Waals surface area contributed by atoms with Crippen molar-refractivity contribution in [2.45, 2.75) is 20.5 Å². The van der Waals surface area contributed by atoms with Crippen molar-refractivity contribution in [2.75, 3.05) is 25.6 Å². The topological polar surface area (TPSA) is 56.8 Å². The van der Waals surface area contributed by atoms with Gasteiger partial charge in [-0.3, -0.25) is 4.79 Å². The van der Waals surface area contributed by atoms with E-state index in [-0.39, 0.29) is 5.91 Å². The van der Waals surface area contributed by atoms with E-state index in [2.05, 4.69) is 5.32 Å². The number of anilines is 1. The molecule has 0 aliphatic carbocycles. The van der Waals surface area contributed by atoms with Gasteiger partial charge in [0.1, 0.15) is 0 Å². The number of benzene rings is 2. The Morgan fingerprint density at radius 1 is 1.00 bits per heavy atom. The SMILES string of the molecule is CCOc1ccc(C(=O)Nc2cccc(COC)c2)cc1OCC. The predicted octanol–water partition coefficient (Wildman–Crippen LogP) is 3.88. The number of amides is 1. The summed E-state index contributed by atoms with van der Waals surface area (Å²) >= 11 is 0. The molecule has 0 heterocycles. The van der Waals surface area contributed by atoms with Crippen LogP contribution in [-0.2, 0) is 11.3 Å². The summed E-state index contributed by atoms with van der Waals surface area (Å²) in [6.07, 6.45) is 0. The molecule has 0 bridgehead atoms. The van der Waals surface area contributed by atoms with Gasteiger partial charge in [-0.05, 0) is 49.7 Å². The summed E-state index contributed by atoms with van der Waals surface area (Å²) in [7, 11) is 1.64. The fourth-order valence-electron chi connectivity index (χ4n) is 2.30. The van der Waals surface area contributed by atoms with Gasteiger partial charge in [-0.1, -0.05) is 12.1 Å². The van der Waals surface area contributed by atoms with Gasteiger partial charge in [-0.2, -0.15) is 0 Å². The van der Waals surface area contributed by atoms with Gasteiger partial charge in [-0.25, -0.2) is 0 Å². The van der Waals surface area contributed by atoms with Crippen LogP contribution < -0.4 is 14.8 Å². The number of ether oxygens (including phenoxy) is 3. The number of carbonyl (C=O) groups is 1. The van der Waals surface area contributed by atoms with Crippen molar-refractivity contribution in [2.24, 2.45) is 0 Å². The Bertz CT molecular complexity index is 685. The predicted molar refractivity (Wildman–Crippen MR) is 93.9 cm³/mol. The first kappa shape index (κ1) is 17.8. The van der Waals surface area contributed by atoms with Crippen LogP contribution in [0.4, 0.5) is 5.69 Å². The van der Waals surface area contributed by atoms with E-state index < -0.39 is 0 Å². The molecule has 2 aromatic carbocycles. The molecule has 1 amide bonds. The van der Waals surface area contributed by atoms with E-state index in [1.165, 1.54) is 0 Å². The minimum absolute atomic E-state index is 0.200. The molecule has 0 unspecified atom stereocenters. The summed E-state index contributed by atoms with van der Waals surface area (Å²) in [4.78, 5) is 12.5. The second-order valence-electron chi connectivity index (χ2n) is 5.12. The van der Waals surface area contributed by atoms with Gasteiger partial charge >= 0.3 is 0 Å². The molecule has 2 rings (SSSR count). The molecule has 0 fully saturated rings. The van der Waals surface area contributed by atoms with Crippen LogP contribution in [0.25, 0.3) is 0 Å². The molecule has 1 N–H and O–H groups in total. The second kappa shape index (κ2) is 8.93. The molecular formula is C19H23NO4. The lowest BCUT2D eigenvalue weighted by atomic mass is 10.1. The molecule has 2 aromatic rings. The summed E-state index contributed by atoms with van der Waals surface area (Å²) < 4.78 is 16.2. The van der Waals surface area contributed by atoms with Crippen LogP contribution >= 0.6 is 0 Å². The lowest BCUT2D eigenvalue weighted by Gasteiger charge is -2.13. The van der Waals surface area contributed by atoms with Gasteiger partial charge in [-0.15, -0.1) is 0 Å². The van der Waals surface area contributed by atoms with Crippen molar-refractivity contribution in [1.82, 2.24) is 0 Å². The van der Waals surface area contributed by atoms with Crippen molar-refractivity contribution < 1.29 is 19.0 Å². The summed E-state index contributed by atoms with van der Waals surface area (Å²) in [5, 5.41) is 2.89. The Balaban J connectivity index is 2.17. The maximum atomic E-state index is 12.5. The van der Waals surface area contributed by atoms with Crippen molar-refractivity contribution in [3.63, 3.8) is 0 Å². The molecule has 0 aliphatic rings. The maximum absolute atomic E-state index is 12.5. The quantitative estimate of drug-likeness (QED) is 0.798. The Hall–Kier alpha value is -2.53. The molecule has 24 heavy (non-hydrogen) atoms. The molecule has 128 valence electrons. The minimum Gasteiger partial charge on any atom is -0.490 e. The Morgan fingerprint density at radius 3 is 2.46 bits per heavy atom. The van der Waals surface area contributed by atoms with E-state index in [1.807, 2.05) is 38.1 Å². The first-order chi connectivity index (χ1) is 11.7. The number of methoxy groups -OCH3 is 1. The zero-order valence-corrected chi connectivity index (χ0v) is 14.3. The Kier molecular flexibility index (Phi) is 6.63. The van der Waals surface area contributed by atoms with Gasteiger partial charge in [0.05, 0.1) is 19.8 Å². The largest absolute Gasteiger partial charge is 0.490 e. The molecule has 0 saturated heterocycles. The summed E-state index contributed by atoms with van der Waals surface area (Å²) in [5.41, 5.74) is 2.23. The normalized spacial score (nSPS) is 10.3. The van der Waals surface area contributed by atoms with Crippen molar-refractivity contribution in [3.05, 3.63) is 53.6 Å². The first-order valence-electron chi connectivity index (χ1n) is 7.96. The van der Waals surface area contributed by atoms with E-state index in [0.717, 1.165) is 11.3 Å². The van der Waals surface area contributed by atoms with E-state index in [9.17, 15) is 4.79 Å². The van der Waals surface area contributed by atoms with Gasteiger partial charge in [0.25, 0.3) is 5.91 Å². The third-order valence-corrected chi connectivity index (χ3v) is 3.30. The zero-order chi connectivity index (χ0) is 17.4. The standard InChI is InChI=1S/C19H23NO4/c1-4-23-17-10-9-15(12-18(17)24-5-2)19(21)20-16-8-6-7-14(11-16)13-22-3/h6-12H,4-5,13H2,1-3H3,(H,20,21). The molecule has 0 spiro atoms. The highest BCUT2D eigenvalue weighted by Gasteiger charge is 2.12. The summed E-state index contributed by atoms with van der Waals surface area (Å²) in [6, 6.07) is 12.7. The van der Waals surface area contributed by atoms with Crippen LogP contribution in [0.1, 0.15) is 29.8 Å². The van der Waals surface area contributed by atoms with Gasteiger partial charge in [0.15, 0.2) is 11.5 Å². The van der Waals surface area contributed by atoms with Crippen LogP contribution in [0.2, 0.25) is 0 Å². The molecule has 0 atom stereocenters. The fraction of sp³-hybridized carbons (Fsp3) is 0.316. The molecule has 0 aliphatic heterocycles. The van der Waals surface area contributed by atoms with Gasteiger partial charge in [0, 0.05) is 18.4 Å². The second-order valence-corrected chi connectivity index (χ2v) is 5.12. The van der Waals surface area contributed by atoms with Crippen LogP contribution in [0.3, 0.4) is 0 Å². The third-order valence-electron chi connectivity index (χ3n) is 3.30. The number of rotatable bonds is 8. The molecule has 0 radical (unpaired) electrons. The van der Waals surface area contributed by atoms with E-state index >= 15 is 0 Å². The van der Waals surface area contributed by atoms with Crippen LogP contribution in [-0.4, -0.2) is 26.2 Å². The smallest absolute Gasteiger partial charge is 0.255 e. The summed E-state index contributed by atoms with van der Waals surface area (Å²) in [6.45, 7) is 5.34. The molecule has 0 aromatic heterocycles.